The van der Waals surface area contributed by atoms with Crippen LogP contribution in [0.1, 0.15) is 41.6 Å². The van der Waals surface area contributed by atoms with E-state index < -0.39 is 0 Å². The molecule has 0 unspecified atom stereocenters. The zero-order chi connectivity index (χ0) is 19.8. The molecule has 0 aliphatic heterocycles. The Bertz CT molecular complexity index is 1220. The Hall–Kier alpha value is -3.22. The molecule has 1 fully saturated rings. The summed E-state index contributed by atoms with van der Waals surface area (Å²) in [5.74, 6) is -0.314. The molecule has 3 heterocycles. The van der Waals surface area contributed by atoms with Crippen molar-refractivity contribution >= 4 is 22.6 Å². The lowest BCUT2D eigenvalue weighted by Gasteiger charge is -2.16. The average Bonchev–Trinajstić information content (AvgIpc) is 3.18. The largest absolute Gasteiger partial charge is 0.349 e. The number of pyridine rings is 2. The van der Waals surface area contributed by atoms with Crippen LogP contribution in [0.5, 0.6) is 0 Å². The summed E-state index contributed by atoms with van der Waals surface area (Å²) >= 11 is 0. The quantitative estimate of drug-likeness (QED) is 0.540. The van der Waals surface area contributed by atoms with E-state index in [-0.39, 0.29) is 35.1 Å². The van der Waals surface area contributed by atoms with Gasteiger partial charge in [-0.25, -0.2) is 4.98 Å². The normalized spacial score (nSPS) is 14.6. The van der Waals surface area contributed by atoms with Crippen molar-refractivity contribution in [3.8, 4) is 0 Å². The summed E-state index contributed by atoms with van der Waals surface area (Å²) < 4.78 is 3.05. The van der Waals surface area contributed by atoms with Crippen molar-refractivity contribution < 1.29 is 4.79 Å². The number of aromatic nitrogens is 3. The van der Waals surface area contributed by atoms with Gasteiger partial charge in [0.25, 0.3) is 11.5 Å². The van der Waals surface area contributed by atoms with Crippen molar-refractivity contribution in [3.05, 3.63) is 64.0 Å². The van der Waals surface area contributed by atoms with Gasteiger partial charge in [-0.2, -0.15) is 0 Å². The van der Waals surface area contributed by atoms with E-state index in [1.165, 1.54) is 10.5 Å². The monoisotopic (exact) mass is 377 g/mol. The standard InChI is InChI=1S/C21H23N5O2/c1-3-10-25-17(22)15(20(27)23-14-8-4-5-9-14)12-16-19(25)24-18-13(2)7-6-11-26(18)21(16)28/h3,6-7,11-12,14,22H,1,4-5,8-10H2,2H3,(H,23,27). The Kier molecular flexibility index (Phi) is 4.58. The molecule has 0 saturated heterocycles. The number of carbonyl (C=O) groups is 1. The van der Waals surface area contributed by atoms with Crippen LogP contribution in [-0.4, -0.2) is 25.9 Å². The molecular weight excluding hydrogens is 354 g/mol. The zero-order valence-corrected chi connectivity index (χ0v) is 15.9. The van der Waals surface area contributed by atoms with E-state index in [1.807, 2.05) is 13.0 Å². The predicted octanol–water partition coefficient (Wildman–Crippen LogP) is 2.30. The second kappa shape index (κ2) is 7.07. The summed E-state index contributed by atoms with van der Waals surface area (Å²) in [6.07, 6.45) is 7.41. The van der Waals surface area contributed by atoms with Gasteiger partial charge in [0, 0.05) is 18.8 Å². The highest BCUT2D eigenvalue weighted by Crippen LogP contribution is 2.18. The van der Waals surface area contributed by atoms with Crippen LogP contribution in [0.25, 0.3) is 16.7 Å². The lowest BCUT2D eigenvalue weighted by molar-refractivity contribution is 0.0935. The maximum absolute atomic E-state index is 13.1. The second-order valence-corrected chi connectivity index (χ2v) is 7.30. The molecule has 3 aromatic heterocycles. The number of allylic oxidation sites excluding steroid dienone is 1. The summed E-state index contributed by atoms with van der Waals surface area (Å²) in [5.41, 5.74) is 1.76. The molecule has 1 saturated carbocycles. The predicted molar refractivity (Wildman–Crippen MR) is 107 cm³/mol. The number of hydrogen-bond donors (Lipinski definition) is 2. The van der Waals surface area contributed by atoms with Crippen molar-refractivity contribution in [2.75, 3.05) is 0 Å². The lowest BCUT2D eigenvalue weighted by Crippen LogP contribution is -2.38. The SMILES string of the molecule is C=CCn1c(=N)c(C(=O)NC2CCCC2)cc2c(=O)n3cccc(C)c3nc21. The summed E-state index contributed by atoms with van der Waals surface area (Å²) in [6.45, 7) is 5.92. The molecule has 1 aliphatic rings. The molecule has 0 radical (unpaired) electrons. The Morgan fingerprint density at radius 2 is 2.14 bits per heavy atom. The van der Waals surface area contributed by atoms with Crippen molar-refractivity contribution in [1.82, 2.24) is 19.3 Å². The molecule has 1 aliphatic carbocycles. The minimum Gasteiger partial charge on any atom is -0.349 e. The van der Waals surface area contributed by atoms with E-state index in [2.05, 4.69) is 16.9 Å². The highest BCUT2D eigenvalue weighted by molar-refractivity contribution is 5.97. The van der Waals surface area contributed by atoms with Crippen molar-refractivity contribution in [2.45, 2.75) is 45.2 Å². The Balaban J connectivity index is 1.98. The zero-order valence-electron chi connectivity index (χ0n) is 15.9. The topological polar surface area (TPSA) is 92.2 Å². The second-order valence-electron chi connectivity index (χ2n) is 7.30. The fraction of sp³-hybridized carbons (Fsp3) is 0.333. The molecule has 28 heavy (non-hydrogen) atoms. The third-order valence-corrected chi connectivity index (χ3v) is 5.38. The van der Waals surface area contributed by atoms with Gasteiger partial charge >= 0.3 is 0 Å². The first-order valence-electron chi connectivity index (χ1n) is 9.53. The van der Waals surface area contributed by atoms with E-state index in [0.29, 0.717) is 16.7 Å². The smallest absolute Gasteiger partial charge is 0.267 e. The molecule has 144 valence electrons. The Labute approximate surface area is 161 Å². The van der Waals surface area contributed by atoms with Crippen molar-refractivity contribution in [1.29, 1.82) is 5.41 Å². The van der Waals surface area contributed by atoms with Gasteiger partial charge in [-0.3, -0.25) is 19.4 Å². The summed E-state index contributed by atoms with van der Waals surface area (Å²) in [4.78, 5) is 30.6. The fourth-order valence-electron chi connectivity index (χ4n) is 3.91. The minimum atomic E-state index is -0.314. The van der Waals surface area contributed by atoms with Crippen LogP contribution >= 0.6 is 0 Å². The van der Waals surface area contributed by atoms with E-state index in [1.54, 1.807) is 22.9 Å². The van der Waals surface area contributed by atoms with Crippen LogP contribution in [-0.2, 0) is 6.54 Å². The minimum absolute atomic E-state index is 0.0349. The van der Waals surface area contributed by atoms with Crippen molar-refractivity contribution in [3.63, 3.8) is 0 Å². The first kappa shape index (κ1) is 18.2. The number of amides is 1. The Morgan fingerprint density at radius 3 is 2.86 bits per heavy atom. The molecular formula is C21H23N5O2. The Morgan fingerprint density at radius 1 is 1.39 bits per heavy atom. The average molecular weight is 377 g/mol. The number of nitrogens with zero attached hydrogens (tertiary/aromatic N) is 3. The van der Waals surface area contributed by atoms with Crippen molar-refractivity contribution in [2.24, 2.45) is 0 Å². The first-order chi connectivity index (χ1) is 13.5. The van der Waals surface area contributed by atoms with Gasteiger partial charge in [0.1, 0.15) is 16.8 Å². The molecule has 7 heteroatoms. The molecule has 0 bridgehead atoms. The number of rotatable bonds is 4. The summed E-state index contributed by atoms with van der Waals surface area (Å²) in [5, 5.41) is 11.9. The van der Waals surface area contributed by atoms with Crippen LogP contribution in [0.4, 0.5) is 0 Å². The van der Waals surface area contributed by atoms with Crippen LogP contribution in [0.3, 0.4) is 0 Å². The molecule has 3 aromatic rings. The molecule has 1 amide bonds. The van der Waals surface area contributed by atoms with E-state index in [0.717, 1.165) is 31.2 Å². The van der Waals surface area contributed by atoms with Crippen LogP contribution in [0, 0.1) is 12.3 Å². The van der Waals surface area contributed by atoms with E-state index >= 15 is 0 Å². The molecule has 7 nitrogen and oxygen atoms in total. The number of nitrogens with one attached hydrogen (secondary N) is 2. The summed E-state index contributed by atoms with van der Waals surface area (Å²) in [7, 11) is 0. The van der Waals surface area contributed by atoms with E-state index in [9.17, 15) is 9.59 Å². The van der Waals surface area contributed by atoms with Crippen LogP contribution in [0.2, 0.25) is 0 Å². The van der Waals surface area contributed by atoms with Gasteiger partial charge in [0.05, 0.1) is 10.9 Å². The highest BCUT2D eigenvalue weighted by atomic mass is 16.2. The highest BCUT2D eigenvalue weighted by Gasteiger charge is 2.21. The van der Waals surface area contributed by atoms with E-state index in [4.69, 9.17) is 5.41 Å². The number of fused-ring (bicyclic) bond motifs is 2. The maximum atomic E-state index is 13.1. The van der Waals surface area contributed by atoms with Crippen LogP contribution in [0.15, 0.2) is 41.8 Å². The fourth-order valence-corrected chi connectivity index (χ4v) is 3.91. The molecule has 2 N–H and O–H groups in total. The molecule has 4 rings (SSSR count). The maximum Gasteiger partial charge on any atom is 0.267 e. The van der Waals surface area contributed by atoms with Crippen LogP contribution < -0.4 is 16.4 Å². The lowest BCUT2D eigenvalue weighted by atomic mass is 10.1. The summed E-state index contributed by atoms with van der Waals surface area (Å²) in [6, 6.07) is 5.32. The number of carbonyl (C=O) groups excluding carboxylic acids is 1. The third-order valence-electron chi connectivity index (χ3n) is 5.38. The first-order valence-corrected chi connectivity index (χ1v) is 9.53. The van der Waals surface area contributed by atoms with Gasteiger partial charge in [-0.1, -0.05) is 25.0 Å². The van der Waals surface area contributed by atoms with Gasteiger partial charge in [0.2, 0.25) is 0 Å². The number of aryl methyl sites for hydroxylation is 1. The third kappa shape index (κ3) is 2.93. The van der Waals surface area contributed by atoms with Gasteiger partial charge in [0.15, 0.2) is 0 Å². The van der Waals surface area contributed by atoms with Gasteiger partial charge in [-0.15, -0.1) is 6.58 Å². The number of hydrogen-bond acceptors (Lipinski definition) is 4. The molecule has 0 atom stereocenters. The van der Waals surface area contributed by atoms with Gasteiger partial charge in [-0.05, 0) is 37.5 Å². The molecule has 0 aromatic carbocycles. The molecule has 0 spiro atoms. The van der Waals surface area contributed by atoms with Gasteiger partial charge < -0.3 is 9.88 Å².